The molecule has 0 aliphatic rings. The highest BCUT2D eigenvalue weighted by Crippen LogP contribution is 2.16. The van der Waals surface area contributed by atoms with Crippen LogP contribution in [-0.2, 0) is 0 Å². The average Bonchev–Trinajstić information content (AvgIpc) is 2.59. The largest absolute Gasteiger partial charge is 0.345 e. The summed E-state index contributed by atoms with van der Waals surface area (Å²) in [7, 11) is 0. The van der Waals surface area contributed by atoms with Crippen LogP contribution in [0.1, 0.15) is 16.1 Å². The van der Waals surface area contributed by atoms with Crippen LogP contribution in [-0.4, -0.2) is 15.9 Å². The van der Waals surface area contributed by atoms with Gasteiger partial charge in [0, 0.05) is 17.3 Å². The van der Waals surface area contributed by atoms with Crippen molar-refractivity contribution in [1.82, 2.24) is 15.4 Å². The smallest absolute Gasteiger partial charge is 0.267 e. The molecule has 2 heterocycles. The summed E-state index contributed by atoms with van der Waals surface area (Å²) in [6.45, 7) is 1.89. The van der Waals surface area contributed by atoms with Crippen LogP contribution >= 0.6 is 0 Å². The van der Waals surface area contributed by atoms with Crippen molar-refractivity contribution in [3.05, 3.63) is 29.6 Å². The molecule has 0 aliphatic carbocycles. The molecule has 0 saturated heterocycles. The van der Waals surface area contributed by atoms with Crippen LogP contribution in [0.15, 0.2) is 18.3 Å². The first kappa shape index (κ1) is 8.71. The normalized spacial score (nSPS) is 10.4. The van der Waals surface area contributed by atoms with Gasteiger partial charge in [-0.3, -0.25) is 10.2 Å². The fourth-order valence-corrected chi connectivity index (χ4v) is 1.37. The van der Waals surface area contributed by atoms with Crippen LogP contribution in [0.25, 0.3) is 11.0 Å². The number of hydrogen-bond donors (Lipinski definition) is 3. The molecule has 0 aromatic carbocycles. The topological polar surface area (TPSA) is 83.8 Å². The Morgan fingerprint density at radius 3 is 3.07 bits per heavy atom. The monoisotopic (exact) mass is 190 g/mol. The van der Waals surface area contributed by atoms with Gasteiger partial charge in [0.15, 0.2) is 0 Å². The Kier molecular flexibility index (Phi) is 1.94. The number of carbonyl (C=O) groups is 1. The molecule has 5 heteroatoms. The molecule has 0 radical (unpaired) electrons. The van der Waals surface area contributed by atoms with Crippen molar-refractivity contribution < 1.29 is 4.79 Å². The van der Waals surface area contributed by atoms with Crippen molar-refractivity contribution in [1.29, 1.82) is 0 Å². The Balaban J connectivity index is 2.64. The predicted molar refractivity (Wildman–Crippen MR) is 52.5 cm³/mol. The Hall–Kier alpha value is -1.88. The molecule has 72 valence electrons. The molecule has 1 amide bonds. The van der Waals surface area contributed by atoms with Gasteiger partial charge in [-0.15, -0.1) is 0 Å². The van der Waals surface area contributed by atoms with Gasteiger partial charge in [0.05, 0.1) is 5.56 Å². The minimum atomic E-state index is -0.318. The van der Waals surface area contributed by atoms with E-state index in [2.05, 4.69) is 15.4 Å². The van der Waals surface area contributed by atoms with Crippen LogP contribution < -0.4 is 11.3 Å². The lowest BCUT2D eigenvalue weighted by Gasteiger charge is -1.96. The van der Waals surface area contributed by atoms with E-state index < -0.39 is 0 Å². The highest BCUT2D eigenvalue weighted by atomic mass is 16.2. The van der Waals surface area contributed by atoms with E-state index in [9.17, 15) is 4.79 Å². The molecular weight excluding hydrogens is 180 g/mol. The summed E-state index contributed by atoms with van der Waals surface area (Å²) in [5.74, 6) is 4.73. The van der Waals surface area contributed by atoms with Crippen LogP contribution in [0.4, 0.5) is 0 Å². The molecule has 4 N–H and O–H groups in total. The maximum atomic E-state index is 11.3. The summed E-state index contributed by atoms with van der Waals surface area (Å²) in [4.78, 5) is 18.4. The third kappa shape index (κ3) is 1.23. The van der Waals surface area contributed by atoms with E-state index in [4.69, 9.17) is 5.84 Å². The Bertz CT molecular complexity index is 489. The number of H-pyrrole nitrogens is 1. The second-order valence-corrected chi connectivity index (χ2v) is 3.02. The summed E-state index contributed by atoms with van der Waals surface area (Å²) in [5, 5.41) is 0.776. The zero-order valence-electron chi connectivity index (χ0n) is 7.66. The molecule has 2 aromatic heterocycles. The van der Waals surface area contributed by atoms with Gasteiger partial charge in [-0.05, 0) is 19.1 Å². The minimum absolute atomic E-state index is 0.318. The van der Waals surface area contributed by atoms with Crippen molar-refractivity contribution in [3.8, 4) is 0 Å². The van der Waals surface area contributed by atoms with E-state index >= 15 is 0 Å². The third-order valence-electron chi connectivity index (χ3n) is 2.05. The molecule has 2 rings (SSSR count). The van der Waals surface area contributed by atoms with Crippen LogP contribution in [0.2, 0.25) is 0 Å². The third-order valence-corrected chi connectivity index (χ3v) is 2.05. The van der Waals surface area contributed by atoms with Crippen molar-refractivity contribution in [2.75, 3.05) is 0 Å². The zero-order valence-corrected chi connectivity index (χ0v) is 7.66. The van der Waals surface area contributed by atoms with Gasteiger partial charge in [0.25, 0.3) is 5.91 Å². The van der Waals surface area contributed by atoms with Crippen LogP contribution in [0, 0.1) is 6.92 Å². The fraction of sp³-hybridized carbons (Fsp3) is 0.111. The Morgan fingerprint density at radius 1 is 1.57 bits per heavy atom. The molecule has 0 atom stereocenters. The van der Waals surface area contributed by atoms with E-state index in [1.807, 2.05) is 19.1 Å². The number of aromatic amines is 1. The molecule has 0 saturated carbocycles. The Morgan fingerprint density at radius 2 is 2.36 bits per heavy atom. The van der Waals surface area contributed by atoms with Gasteiger partial charge >= 0.3 is 0 Å². The average molecular weight is 190 g/mol. The summed E-state index contributed by atoms with van der Waals surface area (Å²) in [6, 6.07) is 3.70. The first-order valence-corrected chi connectivity index (χ1v) is 4.18. The van der Waals surface area contributed by atoms with Crippen molar-refractivity contribution in [3.63, 3.8) is 0 Å². The molecule has 0 bridgehead atoms. The zero-order chi connectivity index (χ0) is 10.1. The summed E-state index contributed by atoms with van der Waals surface area (Å²) < 4.78 is 0. The van der Waals surface area contributed by atoms with Crippen molar-refractivity contribution in [2.24, 2.45) is 5.84 Å². The Labute approximate surface area is 80.3 Å². The minimum Gasteiger partial charge on any atom is -0.345 e. The molecule has 0 fully saturated rings. The van der Waals surface area contributed by atoms with Crippen LogP contribution in [0.3, 0.4) is 0 Å². The molecule has 0 unspecified atom stereocenters. The first-order chi connectivity index (χ1) is 6.72. The van der Waals surface area contributed by atoms with Gasteiger partial charge < -0.3 is 4.98 Å². The number of amides is 1. The number of fused-ring (bicyclic) bond motifs is 1. The summed E-state index contributed by atoms with van der Waals surface area (Å²) in [5.41, 5.74) is 4.20. The maximum Gasteiger partial charge on any atom is 0.267 e. The van der Waals surface area contributed by atoms with Gasteiger partial charge in [0.2, 0.25) is 0 Å². The maximum absolute atomic E-state index is 11.3. The number of hydrogen-bond acceptors (Lipinski definition) is 3. The second kappa shape index (κ2) is 3.12. The molecular formula is C9H10N4O. The van der Waals surface area contributed by atoms with Gasteiger partial charge in [-0.25, -0.2) is 10.8 Å². The number of pyridine rings is 1. The van der Waals surface area contributed by atoms with E-state index in [-0.39, 0.29) is 5.91 Å². The number of carbonyl (C=O) groups excluding carboxylic acids is 1. The number of nitrogens with two attached hydrogens (primary N) is 1. The predicted octanol–water partition coefficient (Wildman–Crippen LogP) is 0.475. The van der Waals surface area contributed by atoms with E-state index in [0.717, 1.165) is 11.1 Å². The quantitative estimate of drug-likeness (QED) is 0.347. The number of nitrogen functional groups attached to an aromatic ring is 1. The second-order valence-electron chi connectivity index (χ2n) is 3.02. The first-order valence-electron chi connectivity index (χ1n) is 4.18. The van der Waals surface area contributed by atoms with Gasteiger partial charge in [-0.1, -0.05) is 0 Å². The molecule has 14 heavy (non-hydrogen) atoms. The SMILES string of the molecule is Cc1ccc2c(C(=O)NN)c[nH]c2n1. The summed E-state index contributed by atoms with van der Waals surface area (Å²) >= 11 is 0. The molecule has 0 spiro atoms. The van der Waals surface area contributed by atoms with Crippen molar-refractivity contribution in [2.45, 2.75) is 6.92 Å². The number of aromatic nitrogens is 2. The molecule has 5 nitrogen and oxygen atoms in total. The van der Waals surface area contributed by atoms with Crippen molar-refractivity contribution >= 4 is 16.9 Å². The lowest BCUT2D eigenvalue weighted by molar-refractivity contribution is 0.0955. The van der Waals surface area contributed by atoms with Gasteiger partial charge in [0.1, 0.15) is 5.65 Å². The van der Waals surface area contributed by atoms with E-state index in [1.54, 1.807) is 6.20 Å². The van der Waals surface area contributed by atoms with Crippen LogP contribution in [0.5, 0.6) is 0 Å². The fourth-order valence-electron chi connectivity index (χ4n) is 1.37. The number of nitrogens with one attached hydrogen (secondary N) is 2. The molecule has 0 aliphatic heterocycles. The lowest BCUT2D eigenvalue weighted by Crippen LogP contribution is -2.29. The van der Waals surface area contributed by atoms with Gasteiger partial charge in [-0.2, -0.15) is 0 Å². The number of rotatable bonds is 1. The number of nitrogens with zero attached hydrogens (tertiary/aromatic N) is 1. The lowest BCUT2D eigenvalue weighted by atomic mass is 10.2. The standard InChI is InChI=1S/C9H10N4O/c1-5-2-3-6-7(9(14)13-10)4-11-8(6)12-5/h2-4H,10H2,1H3,(H,11,12)(H,13,14). The summed E-state index contributed by atoms with van der Waals surface area (Å²) in [6.07, 6.45) is 1.60. The highest BCUT2D eigenvalue weighted by molar-refractivity contribution is 6.05. The number of hydrazine groups is 1. The van der Waals surface area contributed by atoms with E-state index in [0.29, 0.717) is 11.2 Å². The van der Waals surface area contributed by atoms with E-state index in [1.165, 1.54) is 0 Å². The highest BCUT2D eigenvalue weighted by Gasteiger charge is 2.10. The number of aryl methyl sites for hydroxylation is 1. The molecule has 2 aromatic rings.